The van der Waals surface area contributed by atoms with Gasteiger partial charge in [0.1, 0.15) is 28.7 Å². The van der Waals surface area contributed by atoms with Crippen LogP contribution in [0.5, 0.6) is 28.7 Å². The molecule has 1 aromatic heterocycles. The third-order valence-electron chi connectivity index (χ3n) is 15.0. The number of carbonyl (C=O) groups excluding carboxylic acids is 5. The second-order valence-electron chi connectivity index (χ2n) is 20.9. The minimum atomic E-state index is -0.724. The van der Waals surface area contributed by atoms with Gasteiger partial charge in [-0.2, -0.15) is 5.10 Å². The van der Waals surface area contributed by atoms with Gasteiger partial charge >= 0.3 is 23.9 Å². The number of amides is 2. The average molecular weight is 1170 g/mol. The Morgan fingerprint density at radius 2 is 1.01 bits per heavy atom. The lowest BCUT2D eigenvalue weighted by atomic mass is 10.0. The number of H-pyrrole nitrogens is 1. The van der Waals surface area contributed by atoms with Crippen molar-refractivity contribution in [3.05, 3.63) is 185 Å². The highest BCUT2D eigenvalue weighted by Crippen LogP contribution is 2.51. The number of hydrogen-bond donors (Lipinski definition) is 7. The van der Waals surface area contributed by atoms with Gasteiger partial charge in [-0.05, 0) is 177 Å². The third kappa shape index (κ3) is 16.9. The quantitative estimate of drug-likeness (QED) is 0.0269. The van der Waals surface area contributed by atoms with E-state index in [9.17, 15) is 33.9 Å². The first-order chi connectivity index (χ1) is 41.5. The number of anilines is 1. The molecule has 448 valence electrons. The van der Waals surface area contributed by atoms with Crippen molar-refractivity contribution in [2.45, 2.75) is 70.1 Å². The molecule has 0 spiro atoms. The molecule has 6 aromatic carbocycles. The molecule has 0 saturated heterocycles. The SMILES string of the molecule is CCOC(=O)/C=C/c1ccc(OC)cc1.CCOC(=O)C1CC1c1ccc(O)cc1.CCOC(=O)C1CC1c1ccc(OC)cc1.O=C(O)C1CC1c1ccc(O)cc1.O=C1NN=Cc2c[nH]c3cc(NC(=O)C4CC4c4ccc(O)cc4)cc1c23. The highest BCUT2D eigenvalue weighted by atomic mass is 16.5. The third-order valence-corrected chi connectivity index (χ3v) is 15.0. The van der Waals surface area contributed by atoms with Gasteiger partial charge in [0.25, 0.3) is 5.91 Å². The molecule has 4 aliphatic carbocycles. The van der Waals surface area contributed by atoms with Gasteiger partial charge in [0.05, 0.1) is 63.6 Å². The Kier molecular flexibility index (Phi) is 21.0. The lowest BCUT2D eigenvalue weighted by Gasteiger charge is -2.08. The summed E-state index contributed by atoms with van der Waals surface area (Å²) in [6, 6.07) is 39.5. The number of aromatic amines is 1. The molecule has 7 aromatic rings. The van der Waals surface area contributed by atoms with Gasteiger partial charge in [-0.3, -0.25) is 24.0 Å². The van der Waals surface area contributed by atoms with Crippen LogP contribution in [0.1, 0.15) is 114 Å². The maximum Gasteiger partial charge on any atom is 0.330 e. The summed E-state index contributed by atoms with van der Waals surface area (Å²) < 4.78 is 24.8. The van der Waals surface area contributed by atoms with Gasteiger partial charge in [0.15, 0.2) is 0 Å². The maximum absolute atomic E-state index is 12.6. The van der Waals surface area contributed by atoms with E-state index in [1.165, 1.54) is 11.6 Å². The number of nitrogens with one attached hydrogen (secondary N) is 3. The van der Waals surface area contributed by atoms with Crippen molar-refractivity contribution in [2.24, 2.45) is 28.8 Å². The molecule has 12 rings (SSSR count). The number of aromatic hydroxyl groups is 3. The van der Waals surface area contributed by atoms with E-state index in [1.54, 1.807) is 94.2 Å². The van der Waals surface area contributed by atoms with Crippen LogP contribution in [0.25, 0.3) is 17.0 Å². The molecule has 4 fully saturated rings. The van der Waals surface area contributed by atoms with Crippen molar-refractivity contribution in [1.82, 2.24) is 10.4 Å². The zero-order valence-electron chi connectivity index (χ0n) is 48.3. The molecular weight excluding hydrogens is 1100 g/mol. The normalized spacial score (nSPS) is 20.3. The van der Waals surface area contributed by atoms with Crippen LogP contribution >= 0.6 is 0 Å². The van der Waals surface area contributed by atoms with E-state index >= 15 is 0 Å². The van der Waals surface area contributed by atoms with Crippen LogP contribution in [-0.2, 0) is 38.2 Å². The molecule has 7 N–H and O–H groups in total. The average Bonchev–Trinajstić information content (AvgIpc) is 2.61. The van der Waals surface area contributed by atoms with Crippen LogP contribution in [-0.4, -0.2) is 101 Å². The smallest absolute Gasteiger partial charge is 0.330 e. The van der Waals surface area contributed by atoms with E-state index in [2.05, 4.69) is 20.8 Å². The van der Waals surface area contributed by atoms with E-state index in [0.717, 1.165) is 75.9 Å². The number of rotatable bonds is 16. The molecule has 0 radical (unpaired) electrons. The summed E-state index contributed by atoms with van der Waals surface area (Å²) in [5.41, 5.74) is 10.4. The molecule has 19 heteroatoms. The monoisotopic (exact) mass is 1170 g/mol. The molecule has 4 saturated carbocycles. The van der Waals surface area contributed by atoms with Crippen molar-refractivity contribution in [3.8, 4) is 28.7 Å². The topological polar surface area (TPSA) is 282 Å². The number of aliphatic carboxylic acids is 1. The first kappa shape index (κ1) is 62.1. The largest absolute Gasteiger partial charge is 0.508 e. The summed E-state index contributed by atoms with van der Waals surface area (Å²) in [5.74, 6) is 1.42. The summed E-state index contributed by atoms with van der Waals surface area (Å²) in [7, 11) is 3.26. The van der Waals surface area contributed by atoms with Crippen LogP contribution in [0.4, 0.5) is 5.69 Å². The number of ether oxygens (including phenoxy) is 5. The second kappa shape index (κ2) is 29.1. The molecular formula is C67H70N4O15. The molecule has 2 heterocycles. The summed E-state index contributed by atoms with van der Waals surface area (Å²) >= 11 is 0. The zero-order valence-corrected chi connectivity index (χ0v) is 48.3. The molecule has 5 aliphatic rings. The first-order valence-electron chi connectivity index (χ1n) is 28.4. The van der Waals surface area contributed by atoms with Crippen molar-refractivity contribution in [1.29, 1.82) is 0 Å². The summed E-state index contributed by atoms with van der Waals surface area (Å²) in [6.45, 7) is 6.73. The van der Waals surface area contributed by atoms with Crippen LogP contribution in [0.3, 0.4) is 0 Å². The second-order valence-corrected chi connectivity index (χ2v) is 20.9. The van der Waals surface area contributed by atoms with Gasteiger partial charge in [0, 0.05) is 40.3 Å². The molecule has 2 amide bonds. The summed E-state index contributed by atoms with van der Waals surface area (Å²) in [5, 5.41) is 43.8. The Hall–Kier alpha value is -9.91. The number of carboxylic acids is 1. The van der Waals surface area contributed by atoms with Crippen LogP contribution in [0.2, 0.25) is 0 Å². The standard InChI is InChI=1S/C20H16N4O3.C13H16O3.2C12H14O3.C10H10O3/c25-13-3-1-10(2-4-13)14-7-15(14)19(26)23-12-5-16-18-11(8-21-17(18)6-12)9-22-24-20(16)27;1-3-16-13(14)12-8-11(12)9-4-6-10(15-2)7-5-9;1-2-15-12(14)11-7-10(11)8-3-5-9(13)6-4-8;1-3-15-12(13)9-6-10-4-7-11(14-2)8-5-10;11-7-3-1-6(2-4-7)8-5-9(8)10(12)13/h1-6,8-9,14-15,21,25H,7H2,(H,23,26)(H,24,27);4-7,11-12H,3,8H2,1-2H3;3-6,10-11,13H,2,7H2,1H3;4-9H,3H2,1-2H3;1-4,8-9,11H,5H2,(H,12,13)/b;;;9-6+;. The first-order valence-corrected chi connectivity index (χ1v) is 28.4. The number of aromatic nitrogens is 1. The van der Waals surface area contributed by atoms with E-state index in [-0.39, 0.29) is 88.4 Å². The Balaban J connectivity index is 0.000000144. The highest BCUT2D eigenvalue weighted by molar-refractivity contribution is 6.15. The minimum Gasteiger partial charge on any atom is -0.508 e. The van der Waals surface area contributed by atoms with E-state index < -0.39 is 5.97 Å². The lowest BCUT2D eigenvalue weighted by molar-refractivity contribution is -0.145. The number of phenols is 3. The van der Waals surface area contributed by atoms with Crippen LogP contribution < -0.4 is 20.2 Å². The Labute approximate surface area is 497 Å². The van der Waals surface area contributed by atoms with Crippen LogP contribution in [0, 0.1) is 23.7 Å². The van der Waals surface area contributed by atoms with Crippen molar-refractivity contribution >= 4 is 64.6 Å². The molecule has 86 heavy (non-hydrogen) atoms. The number of carbonyl (C=O) groups is 6. The Morgan fingerprint density at radius 3 is 1.47 bits per heavy atom. The van der Waals surface area contributed by atoms with Crippen LogP contribution in [0.15, 0.2) is 151 Å². The zero-order chi connectivity index (χ0) is 61.4. The van der Waals surface area contributed by atoms with Crippen molar-refractivity contribution < 1.29 is 72.9 Å². The number of benzene rings is 6. The van der Waals surface area contributed by atoms with E-state index in [4.69, 9.17) is 39.0 Å². The number of carboxylic acid groups (broad SMARTS) is 1. The fraction of sp³-hybridized carbons (Fsp3) is 0.299. The maximum atomic E-state index is 12.6. The summed E-state index contributed by atoms with van der Waals surface area (Å²) in [6.07, 6.45) is 9.76. The molecule has 8 unspecified atom stereocenters. The number of hydrazone groups is 1. The molecule has 8 atom stereocenters. The van der Waals surface area contributed by atoms with Gasteiger partial charge in [-0.1, -0.05) is 60.7 Å². The predicted molar refractivity (Wildman–Crippen MR) is 322 cm³/mol. The number of esters is 3. The Morgan fingerprint density at radius 1 is 0.581 bits per heavy atom. The number of phenolic OH excluding ortho intramolecular Hbond substituents is 3. The Bertz CT molecular complexity index is 3540. The van der Waals surface area contributed by atoms with Gasteiger partial charge in [-0.15, -0.1) is 0 Å². The van der Waals surface area contributed by atoms with Gasteiger partial charge in [-0.25, -0.2) is 10.2 Å². The van der Waals surface area contributed by atoms with E-state index in [0.29, 0.717) is 37.0 Å². The highest BCUT2D eigenvalue weighted by Gasteiger charge is 2.47. The molecule has 19 nitrogen and oxygen atoms in total. The fourth-order valence-electron chi connectivity index (χ4n) is 10.0. The predicted octanol–water partition coefficient (Wildman–Crippen LogP) is 11.0. The molecule has 0 bridgehead atoms. The van der Waals surface area contributed by atoms with Gasteiger partial charge in [0.2, 0.25) is 5.91 Å². The van der Waals surface area contributed by atoms with Gasteiger partial charge < -0.3 is 54.4 Å². The fourth-order valence-corrected chi connectivity index (χ4v) is 10.0. The number of hydrogen-bond acceptors (Lipinski definition) is 15. The minimum absolute atomic E-state index is 0.0227. The van der Waals surface area contributed by atoms with Crippen molar-refractivity contribution in [2.75, 3.05) is 39.4 Å². The summed E-state index contributed by atoms with van der Waals surface area (Å²) in [4.78, 5) is 72.4. The van der Waals surface area contributed by atoms with Crippen molar-refractivity contribution in [3.63, 3.8) is 0 Å². The molecule has 1 aliphatic heterocycles. The number of nitrogens with zero attached hydrogens (tertiary/aromatic N) is 1. The lowest BCUT2D eigenvalue weighted by Crippen LogP contribution is -2.18. The number of methoxy groups -OCH3 is 2. The van der Waals surface area contributed by atoms with E-state index in [1.807, 2.05) is 92.7 Å².